The van der Waals surface area contributed by atoms with E-state index >= 15 is 0 Å². The van der Waals surface area contributed by atoms with Gasteiger partial charge in [0.1, 0.15) is 0 Å². The number of carbonyl (C=O) groups excluding carboxylic acids is 1. The number of hydrogen-bond donors (Lipinski definition) is 0. The summed E-state index contributed by atoms with van der Waals surface area (Å²) in [6.07, 6.45) is 5.58. The maximum absolute atomic E-state index is 11.4. The van der Waals surface area contributed by atoms with Crippen molar-refractivity contribution in [1.82, 2.24) is 10.2 Å². The lowest BCUT2D eigenvalue weighted by Gasteiger charge is -2.55. The van der Waals surface area contributed by atoms with E-state index in [0.717, 1.165) is 32.2 Å². The van der Waals surface area contributed by atoms with E-state index in [9.17, 15) is 4.79 Å². The Morgan fingerprint density at radius 2 is 1.74 bits per heavy atom. The largest absolute Gasteiger partial charge is 0.353 e. The molecule has 4 heteroatoms. The Morgan fingerprint density at radius 3 is 2.16 bits per heavy atom. The van der Waals surface area contributed by atoms with Crippen molar-refractivity contribution in [1.29, 1.82) is 0 Å². The SMILES string of the molecule is CCCCN(OC(C)=O)N1C(C)(C)CCCC1(C)C. The first-order valence-corrected chi connectivity index (χ1v) is 7.47. The standard InChI is InChI=1S/C15H30N2O2/c1-7-8-12-16(19-13(2)18)17-14(3,4)10-9-11-15(17,5)6/h7-12H2,1-6H3. The summed E-state index contributed by atoms with van der Waals surface area (Å²) in [7, 11) is 0. The Kier molecular flexibility index (Phi) is 5.39. The molecule has 1 aliphatic rings. The van der Waals surface area contributed by atoms with Crippen LogP contribution in [0.4, 0.5) is 0 Å². The van der Waals surface area contributed by atoms with Gasteiger partial charge in [0.25, 0.3) is 0 Å². The molecule has 1 saturated heterocycles. The van der Waals surface area contributed by atoms with Crippen molar-refractivity contribution in [2.24, 2.45) is 0 Å². The minimum atomic E-state index is -0.242. The number of piperidine rings is 1. The van der Waals surface area contributed by atoms with Crippen LogP contribution in [0.2, 0.25) is 0 Å². The van der Waals surface area contributed by atoms with Crippen LogP contribution < -0.4 is 0 Å². The number of hydrogen-bond acceptors (Lipinski definition) is 4. The predicted octanol–water partition coefficient (Wildman–Crippen LogP) is 3.52. The van der Waals surface area contributed by atoms with Crippen LogP contribution in [0.1, 0.15) is 73.6 Å². The van der Waals surface area contributed by atoms with Gasteiger partial charge in [0.05, 0.1) is 6.54 Å². The highest BCUT2D eigenvalue weighted by Crippen LogP contribution is 2.39. The molecule has 0 aliphatic carbocycles. The molecule has 0 radical (unpaired) electrons. The number of carbonyl (C=O) groups is 1. The zero-order chi connectivity index (χ0) is 14.7. The quantitative estimate of drug-likeness (QED) is 0.716. The first-order valence-electron chi connectivity index (χ1n) is 7.47. The van der Waals surface area contributed by atoms with E-state index < -0.39 is 0 Å². The lowest BCUT2D eigenvalue weighted by Crippen LogP contribution is -2.65. The molecule has 112 valence electrons. The summed E-state index contributed by atoms with van der Waals surface area (Å²) in [6.45, 7) is 13.3. The molecule has 0 spiro atoms. The number of nitrogens with zero attached hydrogens (tertiary/aromatic N) is 2. The Bertz CT molecular complexity index is 297. The van der Waals surface area contributed by atoms with Crippen molar-refractivity contribution in [3.8, 4) is 0 Å². The van der Waals surface area contributed by atoms with Gasteiger partial charge in [-0.2, -0.15) is 5.01 Å². The summed E-state index contributed by atoms with van der Waals surface area (Å²) in [6, 6.07) is 0. The summed E-state index contributed by atoms with van der Waals surface area (Å²) in [5.74, 6) is -0.242. The van der Waals surface area contributed by atoms with Crippen molar-refractivity contribution in [2.45, 2.75) is 84.7 Å². The third-order valence-electron chi connectivity index (χ3n) is 3.88. The number of hydroxylamine groups is 1. The minimum absolute atomic E-state index is 0.0188. The molecule has 0 aromatic carbocycles. The normalized spacial score (nSPS) is 22.5. The summed E-state index contributed by atoms with van der Waals surface area (Å²) in [4.78, 5) is 16.9. The van der Waals surface area contributed by atoms with Gasteiger partial charge in [-0.3, -0.25) is 4.79 Å². The highest BCUT2D eigenvalue weighted by atomic mass is 16.7. The van der Waals surface area contributed by atoms with Gasteiger partial charge in [-0.05, 0) is 53.4 Å². The Hall–Kier alpha value is -0.610. The molecule has 0 unspecified atom stereocenters. The van der Waals surface area contributed by atoms with Crippen LogP contribution in [-0.4, -0.2) is 33.8 Å². The van der Waals surface area contributed by atoms with Gasteiger partial charge >= 0.3 is 5.97 Å². The highest BCUT2D eigenvalue weighted by Gasteiger charge is 2.45. The maximum atomic E-state index is 11.4. The maximum Gasteiger partial charge on any atom is 0.323 e. The van der Waals surface area contributed by atoms with E-state index in [4.69, 9.17) is 4.84 Å². The zero-order valence-corrected chi connectivity index (χ0v) is 13.5. The van der Waals surface area contributed by atoms with E-state index in [2.05, 4.69) is 39.6 Å². The van der Waals surface area contributed by atoms with E-state index in [-0.39, 0.29) is 17.0 Å². The summed E-state index contributed by atoms with van der Waals surface area (Å²) >= 11 is 0. The fourth-order valence-electron chi connectivity index (χ4n) is 3.22. The van der Waals surface area contributed by atoms with E-state index in [1.54, 1.807) is 0 Å². The van der Waals surface area contributed by atoms with Crippen molar-refractivity contribution >= 4 is 5.97 Å². The molecule has 1 fully saturated rings. The van der Waals surface area contributed by atoms with Gasteiger partial charge < -0.3 is 4.84 Å². The number of unbranched alkanes of at least 4 members (excludes halogenated alkanes) is 1. The molecule has 0 amide bonds. The summed E-state index contributed by atoms with van der Waals surface area (Å²) in [5.41, 5.74) is 0.0376. The van der Waals surface area contributed by atoms with Gasteiger partial charge in [-0.1, -0.05) is 18.5 Å². The second kappa shape index (κ2) is 6.23. The molecule has 0 atom stereocenters. The predicted molar refractivity (Wildman–Crippen MR) is 77.2 cm³/mol. The molecule has 0 saturated carbocycles. The van der Waals surface area contributed by atoms with Crippen LogP contribution in [-0.2, 0) is 9.63 Å². The number of rotatable bonds is 5. The van der Waals surface area contributed by atoms with Crippen LogP contribution in [0.5, 0.6) is 0 Å². The van der Waals surface area contributed by atoms with Crippen LogP contribution in [0.3, 0.4) is 0 Å². The van der Waals surface area contributed by atoms with Crippen molar-refractivity contribution in [2.75, 3.05) is 6.54 Å². The third-order valence-corrected chi connectivity index (χ3v) is 3.88. The Balaban J connectivity index is 2.96. The molecule has 19 heavy (non-hydrogen) atoms. The lowest BCUT2D eigenvalue weighted by atomic mass is 9.81. The molecule has 1 rings (SSSR count). The minimum Gasteiger partial charge on any atom is -0.353 e. The summed E-state index contributed by atoms with van der Waals surface area (Å²) in [5, 5.41) is 4.09. The zero-order valence-electron chi connectivity index (χ0n) is 13.5. The average Bonchev–Trinajstić information content (AvgIpc) is 2.22. The smallest absolute Gasteiger partial charge is 0.323 e. The van der Waals surface area contributed by atoms with Crippen molar-refractivity contribution in [3.05, 3.63) is 0 Å². The first-order chi connectivity index (χ1) is 8.70. The topological polar surface area (TPSA) is 32.8 Å². The number of hydrazine groups is 1. The van der Waals surface area contributed by atoms with Gasteiger partial charge in [-0.15, -0.1) is 0 Å². The second-order valence-electron chi connectivity index (χ2n) is 6.80. The summed E-state index contributed by atoms with van der Waals surface area (Å²) < 4.78 is 0. The third kappa shape index (κ3) is 4.18. The second-order valence-corrected chi connectivity index (χ2v) is 6.80. The van der Waals surface area contributed by atoms with E-state index in [1.165, 1.54) is 13.3 Å². The van der Waals surface area contributed by atoms with Crippen LogP contribution >= 0.6 is 0 Å². The van der Waals surface area contributed by atoms with Crippen LogP contribution in [0, 0.1) is 0 Å². The molecular weight excluding hydrogens is 240 g/mol. The molecule has 1 aliphatic heterocycles. The van der Waals surface area contributed by atoms with Gasteiger partial charge in [0, 0.05) is 18.0 Å². The van der Waals surface area contributed by atoms with E-state index in [0.29, 0.717) is 0 Å². The van der Waals surface area contributed by atoms with Crippen molar-refractivity contribution in [3.63, 3.8) is 0 Å². The highest BCUT2D eigenvalue weighted by molar-refractivity contribution is 5.65. The molecule has 0 N–H and O–H groups in total. The molecule has 0 bridgehead atoms. The fourth-order valence-corrected chi connectivity index (χ4v) is 3.22. The van der Waals surface area contributed by atoms with E-state index in [1.807, 2.05) is 5.17 Å². The first kappa shape index (κ1) is 16.4. The molecule has 1 heterocycles. The molecule has 0 aromatic rings. The molecular formula is C15H30N2O2. The van der Waals surface area contributed by atoms with Crippen LogP contribution in [0.15, 0.2) is 0 Å². The van der Waals surface area contributed by atoms with Gasteiger partial charge in [0.2, 0.25) is 0 Å². The molecule has 0 aromatic heterocycles. The Morgan fingerprint density at radius 1 is 1.21 bits per heavy atom. The monoisotopic (exact) mass is 270 g/mol. The van der Waals surface area contributed by atoms with Gasteiger partial charge in [-0.25, -0.2) is 0 Å². The molecule has 4 nitrogen and oxygen atoms in total. The van der Waals surface area contributed by atoms with Crippen molar-refractivity contribution < 1.29 is 9.63 Å². The lowest BCUT2D eigenvalue weighted by molar-refractivity contribution is -0.327. The Labute approximate surface area is 118 Å². The van der Waals surface area contributed by atoms with Crippen LogP contribution in [0.25, 0.3) is 0 Å². The fraction of sp³-hybridized carbons (Fsp3) is 0.933. The average molecular weight is 270 g/mol. The van der Waals surface area contributed by atoms with Gasteiger partial charge in [0.15, 0.2) is 0 Å².